The van der Waals surface area contributed by atoms with Gasteiger partial charge in [0.1, 0.15) is 9.52 Å². The van der Waals surface area contributed by atoms with Crippen LogP contribution in [-0.2, 0) is 6.42 Å². The van der Waals surface area contributed by atoms with Crippen LogP contribution >= 0.6 is 0 Å². The molecular formula is C37H36Si. The first-order valence-electron chi connectivity index (χ1n) is 14.0. The van der Waals surface area contributed by atoms with Crippen molar-refractivity contribution in [3.8, 4) is 22.3 Å². The molecule has 2 radical (unpaired) electrons. The van der Waals surface area contributed by atoms with E-state index in [1.54, 1.807) is 10.4 Å². The van der Waals surface area contributed by atoms with Gasteiger partial charge in [0.15, 0.2) is 0 Å². The van der Waals surface area contributed by atoms with Crippen molar-refractivity contribution in [1.82, 2.24) is 0 Å². The van der Waals surface area contributed by atoms with Gasteiger partial charge in [-0.05, 0) is 107 Å². The van der Waals surface area contributed by atoms with Gasteiger partial charge < -0.3 is 0 Å². The van der Waals surface area contributed by atoms with Crippen LogP contribution in [0.1, 0.15) is 70.2 Å². The van der Waals surface area contributed by atoms with Crippen molar-refractivity contribution >= 4 is 21.7 Å². The van der Waals surface area contributed by atoms with Gasteiger partial charge >= 0.3 is 0 Å². The molecule has 0 spiro atoms. The number of hydrogen-bond donors (Lipinski definition) is 0. The first-order chi connectivity index (χ1) is 18.5. The quantitative estimate of drug-likeness (QED) is 0.227. The second-order valence-electron chi connectivity index (χ2n) is 11.1. The lowest BCUT2D eigenvalue weighted by molar-refractivity contribution is 0.716. The third-order valence-electron chi connectivity index (χ3n) is 8.47. The molecule has 0 saturated heterocycles. The number of benzene rings is 4. The Morgan fingerprint density at radius 1 is 0.658 bits per heavy atom. The van der Waals surface area contributed by atoms with Gasteiger partial charge in [-0.3, -0.25) is 0 Å². The summed E-state index contributed by atoms with van der Waals surface area (Å²) in [6.45, 7) is 11.3. The van der Waals surface area contributed by atoms with Crippen molar-refractivity contribution in [3.63, 3.8) is 0 Å². The van der Waals surface area contributed by atoms with Crippen LogP contribution in [0.2, 0.25) is 0 Å². The van der Waals surface area contributed by atoms with Gasteiger partial charge in [0.25, 0.3) is 0 Å². The molecule has 4 aromatic carbocycles. The molecule has 0 aromatic heterocycles. The summed E-state index contributed by atoms with van der Waals surface area (Å²) in [6.07, 6.45) is 8.58. The summed E-state index contributed by atoms with van der Waals surface area (Å²) in [5, 5.41) is 3.20. The average Bonchev–Trinajstić information content (AvgIpc) is 3.46. The molecule has 38 heavy (non-hydrogen) atoms. The fourth-order valence-electron chi connectivity index (χ4n) is 6.74. The average molecular weight is 509 g/mol. The maximum absolute atomic E-state index is 2.56. The molecule has 6 rings (SSSR count). The van der Waals surface area contributed by atoms with E-state index in [1.807, 2.05) is 0 Å². The Morgan fingerprint density at radius 2 is 1.21 bits per heavy atom. The van der Waals surface area contributed by atoms with Crippen molar-refractivity contribution < 1.29 is 0 Å². The lowest BCUT2D eigenvalue weighted by Crippen LogP contribution is -2.08. The summed E-state index contributed by atoms with van der Waals surface area (Å²) >= 11 is 0. The largest absolute Gasteiger partial charge is 0.111 e. The van der Waals surface area contributed by atoms with E-state index in [0.29, 0.717) is 5.92 Å². The van der Waals surface area contributed by atoms with E-state index in [9.17, 15) is 0 Å². The van der Waals surface area contributed by atoms with Gasteiger partial charge in [-0.1, -0.05) is 109 Å². The zero-order chi connectivity index (χ0) is 26.4. The van der Waals surface area contributed by atoms with Crippen molar-refractivity contribution in [1.29, 1.82) is 0 Å². The predicted octanol–water partition coefficient (Wildman–Crippen LogP) is 9.79. The smallest absolute Gasteiger partial charge is 0.0748 e. The van der Waals surface area contributed by atoms with E-state index >= 15 is 0 Å². The van der Waals surface area contributed by atoms with Crippen LogP contribution in [0.4, 0.5) is 0 Å². The highest BCUT2D eigenvalue weighted by Crippen LogP contribution is 2.45. The van der Waals surface area contributed by atoms with Crippen LogP contribution in [0.15, 0.2) is 83.2 Å². The third kappa shape index (κ3) is 4.24. The van der Waals surface area contributed by atoms with E-state index in [2.05, 4.69) is 120 Å². The highest BCUT2D eigenvalue weighted by atomic mass is 28.2. The van der Waals surface area contributed by atoms with E-state index in [1.165, 1.54) is 79.6 Å². The topological polar surface area (TPSA) is 0 Å². The van der Waals surface area contributed by atoms with Gasteiger partial charge in [-0.25, -0.2) is 0 Å². The lowest BCUT2D eigenvalue weighted by Gasteiger charge is -2.18. The van der Waals surface area contributed by atoms with Crippen LogP contribution in [0.25, 0.3) is 34.4 Å². The Labute approximate surface area is 231 Å². The molecule has 1 atom stereocenters. The first kappa shape index (κ1) is 24.9. The molecule has 0 heterocycles. The van der Waals surface area contributed by atoms with E-state index in [0.717, 1.165) is 15.9 Å². The summed E-state index contributed by atoms with van der Waals surface area (Å²) < 4.78 is 0. The van der Waals surface area contributed by atoms with E-state index in [-0.39, 0.29) is 0 Å². The minimum Gasteiger partial charge on any atom is -0.0748 e. The Bertz CT molecular complexity index is 1570. The summed E-state index contributed by atoms with van der Waals surface area (Å²) in [4.78, 5) is 0. The monoisotopic (exact) mass is 508 g/mol. The summed E-state index contributed by atoms with van der Waals surface area (Å²) in [5.74, 6) is 0.528. The number of aryl methyl sites for hydroxylation is 4. The van der Waals surface area contributed by atoms with E-state index < -0.39 is 0 Å². The Kier molecular flexibility index (Phi) is 6.58. The second-order valence-corrected chi connectivity index (χ2v) is 12.6. The van der Waals surface area contributed by atoms with Crippen LogP contribution in [-0.4, -0.2) is 9.52 Å². The molecule has 2 aliphatic carbocycles. The highest BCUT2D eigenvalue weighted by molar-refractivity contribution is 6.57. The molecule has 2 aliphatic rings. The molecule has 188 valence electrons. The van der Waals surface area contributed by atoms with Gasteiger partial charge in [-0.2, -0.15) is 0 Å². The third-order valence-corrected chi connectivity index (χ3v) is 9.89. The minimum absolute atomic E-state index is 0.528. The number of fused-ring (bicyclic) bond motifs is 2. The fraction of sp³-hybridized carbons (Fsp3) is 0.243. The molecule has 0 N–H and O–H groups in total. The molecule has 1 unspecified atom stereocenters. The fourth-order valence-corrected chi connectivity index (χ4v) is 8.30. The normalized spacial score (nSPS) is 15.8. The van der Waals surface area contributed by atoms with Crippen LogP contribution < -0.4 is 0 Å². The highest BCUT2D eigenvalue weighted by Gasteiger charge is 2.29. The molecule has 0 saturated carbocycles. The van der Waals surface area contributed by atoms with Gasteiger partial charge in [0.05, 0.1) is 0 Å². The van der Waals surface area contributed by atoms with Gasteiger partial charge in [0.2, 0.25) is 0 Å². The maximum atomic E-state index is 2.56. The van der Waals surface area contributed by atoms with Crippen LogP contribution in [0, 0.1) is 27.7 Å². The number of rotatable bonds is 6. The van der Waals surface area contributed by atoms with Crippen molar-refractivity contribution in [2.45, 2.75) is 59.8 Å². The molecule has 0 nitrogen and oxygen atoms in total. The Hall–Kier alpha value is -3.42. The van der Waals surface area contributed by atoms with Crippen molar-refractivity contribution in [3.05, 3.63) is 128 Å². The Morgan fingerprint density at radius 3 is 1.82 bits per heavy atom. The number of hydrogen-bond acceptors (Lipinski definition) is 0. The minimum atomic E-state index is 0.528. The zero-order valence-corrected chi connectivity index (χ0v) is 24.3. The van der Waals surface area contributed by atoms with Gasteiger partial charge in [-0.15, -0.1) is 0 Å². The summed E-state index contributed by atoms with van der Waals surface area (Å²) in [7, 11) is 0.742. The maximum Gasteiger partial charge on any atom is 0.111 e. The molecule has 0 aliphatic heterocycles. The lowest BCUT2D eigenvalue weighted by atomic mass is 9.88. The Balaban J connectivity index is 1.39. The van der Waals surface area contributed by atoms with Crippen LogP contribution in [0.5, 0.6) is 0 Å². The molecule has 0 amide bonds. The van der Waals surface area contributed by atoms with Crippen molar-refractivity contribution in [2.24, 2.45) is 0 Å². The second kappa shape index (κ2) is 10.0. The standard InChI is InChI=1S/C37H36Si/c1-6-11-30-29-17-10-19-32(37-25(4)14-8-15-26(37)5)34(29)22-35(30)38-28-20-27-16-9-18-31(33(27)21-28)36-23(2)12-7-13-24(36)3/h7-10,12-19,21-22,30H,6,11,20H2,1-5H3. The van der Waals surface area contributed by atoms with Crippen molar-refractivity contribution in [2.75, 3.05) is 0 Å². The number of allylic oxidation sites excluding steroid dienone is 2. The van der Waals surface area contributed by atoms with Crippen LogP contribution in [0.3, 0.4) is 0 Å². The summed E-state index contributed by atoms with van der Waals surface area (Å²) in [6, 6.07) is 27.2. The molecule has 0 fully saturated rings. The molecule has 0 bridgehead atoms. The SMILES string of the molecule is CCCC1C([Si]C2=Cc3c(cccc3-c3c(C)cccc3C)C2)=Cc2c(-c3c(C)cccc3C)cccc21. The molecular weight excluding hydrogens is 472 g/mol. The molecule has 4 aromatic rings. The van der Waals surface area contributed by atoms with Gasteiger partial charge in [0, 0.05) is 5.92 Å². The van der Waals surface area contributed by atoms with E-state index in [4.69, 9.17) is 0 Å². The predicted molar refractivity (Wildman–Crippen MR) is 166 cm³/mol. The summed E-state index contributed by atoms with van der Waals surface area (Å²) in [5.41, 5.74) is 17.0. The zero-order valence-electron chi connectivity index (χ0n) is 23.3. The molecule has 1 heteroatoms. The first-order valence-corrected chi connectivity index (χ1v) is 15.0.